The number of likely N-dealkylation sites (tertiary alicyclic amines) is 1. The van der Waals surface area contributed by atoms with Crippen LogP contribution in [-0.2, 0) is 0 Å². The molecule has 2 fully saturated rings. The third-order valence-corrected chi connectivity index (χ3v) is 8.43. The van der Waals surface area contributed by atoms with E-state index in [1.54, 1.807) is 6.07 Å². The van der Waals surface area contributed by atoms with Crippen molar-refractivity contribution in [3.05, 3.63) is 40.8 Å². The van der Waals surface area contributed by atoms with Crippen LogP contribution < -0.4 is 15.4 Å². The molecule has 1 aliphatic carbocycles. The van der Waals surface area contributed by atoms with Crippen molar-refractivity contribution >= 4 is 39.0 Å². The van der Waals surface area contributed by atoms with Gasteiger partial charge in [-0.3, -0.25) is 4.79 Å². The summed E-state index contributed by atoms with van der Waals surface area (Å²) in [5.41, 5.74) is 1.40. The van der Waals surface area contributed by atoms with Crippen LogP contribution in [-0.4, -0.2) is 64.3 Å². The van der Waals surface area contributed by atoms with Gasteiger partial charge in [-0.15, -0.1) is 11.3 Å². The molecule has 5 rings (SSSR count). The molecule has 37 heavy (non-hydrogen) atoms. The van der Waals surface area contributed by atoms with E-state index in [4.69, 9.17) is 4.74 Å². The maximum Gasteiger partial charge on any atom is 0.261 e. The minimum atomic E-state index is -0.389. The zero-order valence-corrected chi connectivity index (χ0v) is 22.0. The van der Waals surface area contributed by atoms with Crippen LogP contribution in [0.15, 0.2) is 24.5 Å². The number of amides is 1. The first-order valence-corrected chi connectivity index (χ1v) is 14.0. The van der Waals surface area contributed by atoms with Gasteiger partial charge < -0.3 is 25.4 Å². The van der Waals surface area contributed by atoms with Gasteiger partial charge in [0.2, 0.25) is 0 Å². The number of benzene rings is 1. The van der Waals surface area contributed by atoms with Gasteiger partial charge in [0.25, 0.3) is 5.91 Å². The molecule has 1 saturated carbocycles. The van der Waals surface area contributed by atoms with Crippen LogP contribution in [0.4, 0.5) is 15.9 Å². The van der Waals surface area contributed by atoms with Gasteiger partial charge in [-0.1, -0.05) is 6.42 Å². The molecule has 3 N–H and O–H groups in total. The number of halogens is 1. The first-order valence-electron chi connectivity index (χ1n) is 13.1. The van der Waals surface area contributed by atoms with Gasteiger partial charge in [0.15, 0.2) is 0 Å². The number of rotatable bonds is 8. The van der Waals surface area contributed by atoms with E-state index >= 15 is 0 Å². The summed E-state index contributed by atoms with van der Waals surface area (Å²) in [5.74, 6) is 0.451. The number of ether oxygens (including phenoxy) is 1. The molecule has 1 aromatic carbocycles. The molecular weight excluding hydrogens is 493 g/mol. The quantitative estimate of drug-likeness (QED) is 0.388. The standard InChI is InChI=1S/C27H34FN5O3S/c1-17-23-25(32-21-10-5-18(28)15-22(21)36-20-8-6-19(34)7-9-20)30-16-31-27(23)37-24(17)26(35)29-11-14-33-12-3-2-4-13-33/h5,10,15-16,19-20,34H,2-4,6-9,11-14H2,1H3,(H,29,35)(H,30,31,32). The monoisotopic (exact) mass is 527 g/mol. The molecule has 1 aliphatic heterocycles. The number of aromatic nitrogens is 2. The maximum absolute atomic E-state index is 14.1. The molecule has 2 aliphatic rings. The zero-order chi connectivity index (χ0) is 25.8. The average Bonchev–Trinajstić information content (AvgIpc) is 3.25. The second-order valence-corrected chi connectivity index (χ2v) is 10.9. The highest BCUT2D eigenvalue weighted by atomic mass is 32.1. The Bertz CT molecular complexity index is 1240. The number of carbonyl (C=O) groups is 1. The van der Waals surface area contributed by atoms with Gasteiger partial charge in [-0.2, -0.15) is 0 Å². The fourth-order valence-electron chi connectivity index (χ4n) is 5.14. The second-order valence-electron chi connectivity index (χ2n) is 9.93. The van der Waals surface area contributed by atoms with Gasteiger partial charge >= 0.3 is 0 Å². The Kier molecular flexibility index (Phi) is 8.17. The number of aliphatic hydroxyl groups excluding tert-OH is 1. The maximum atomic E-state index is 14.1. The molecule has 1 amide bonds. The van der Waals surface area contributed by atoms with Crippen molar-refractivity contribution in [3.8, 4) is 5.75 Å². The van der Waals surface area contributed by atoms with Crippen LogP contribution in [0.2, 0.25) is 0 Å². The van der Waals surface area contributed by atoms with E-state index in [2.05, 4.69) is 25.5 Å². The summed E-state index contributed by atoms with van der Waals surface area (Å²) < 4.78 is 20.3. The SMILES string of the molecule is Cc1c(C(=O)NCCN2CCCCC2)sc2ncnc(Nc3ccc(F)cc3OC3CCC(O)CC3)c12. The molecule has 198 valence electrons. The topological polar surface area (TPSA) is 99.6 Å². The van der Waals surface area contributed by atoms with Gasteiger partial charge in [0, 0.05) is 19.2 Å². The third kappa shape index (κ3) is 6.19. The summed E-state index contributed by atoms with van der Waals surface area (Å²) in [6.45, 7) is 5.57. The van der Waals surface area contributed by atoms with Crippen molar-refractivity contribution in [3.63, 3.8) is 0 Å². The van der Waals surface area contributed by atoms with E-state index in [0.717, 1.165) is 43.4 Å². The van der Waals surface area contributed by atoms with Crippen molar-refractivity contribution in [2.45, 2.75) is 64.1 Å². The minimum Gasteiger partial charge on any atom is -0.488 e. The van der Waals surface area contributed by atoms with E-state index in [0.29, 0.717) is 46.3 Å². The number of aryl methyl sites for hydroxylation is 1. The highest BCUT2D eigenvalue weighted by Crippen LogP contribution is 2.37. The molecule has 2 aromatic heterocycles. The van der Waals surface area contributed by atoms with E-state index in [1.165, 1.54) is 49.1 Å². The van der Waals surface area contributed by atoms with Gasteiger partial charge in [-0.05, 0) is 76.2 Å². The lowest BCUT2D eigenvalue weighted by atomic mass is 9.95. The average molecular weight is 528 g/mol. The summed E-state index contributed by atoms with van der Waals surface area (Å²) in [5, 5.41) is 16.9. The van der Waals surface area contributed by atoms with Crippen LogP contribution in [0.5, 0.6) is 5.75 Å². The van der Waals surface area contributed by atoms with Gasteiger partial charge in [0.1, 0.15) is 28.5 Å². The highest BCUT2D eigenvalue weighted by Gasteiger charge is 2.23. The number of fused-ring (bicyclic) bond motifs is 1. The number of carbonyl (C=O) groups excluding carboxylic acids is 1. The fourth-order valence-corrected chi connectivity index (χ4v) is 6.21. The predicted octanol–water partition coefficient (Wildman–Crippen LogP) is 4.78. The lowest BCUT2D eigenvalue weighted by molar-refractivity contribution is 0.0668. The molecule has 0 radical (unpaired) electrons. The minimum absolute atomic E-state index is 0.0840. The molecule has 0 bridgehead atoms. The number of nitrogens with zero attached hydrogens (tertiary/aromatic N) is 3. The molecule has 3 heterocycles. The van der Waals surface area contributed by atoms with Crippen molar-refractivity contribution in [1.29, 1.82) is 0 Å². The largest absolute Gasteiger partial charge is 0.488 e. The Hall–Kier alpha value is -2.82. The number of aliphatic hydroxyl groups is 1. The van der Waals surface area contributed by atoms with Crippen molar-refractivity contribution in [1.82, 2.24) is 20.2 Å². The second kappa shape index (κ2) is 11.7. The van der Waals surface area contributed by atoms with Crippen molar-refractivity contribution < 1.29 is 19.0 Å². The molecule has 8 nitrogen and oxygen atoms in total. The van der Waals surface area contributed by atoms with E-state index < -0.39 is 0 Å². The van der Waals surface area contributed by atoms with Crippen LogP contribution in [0.1, 0.15) is 60.2 Å². The summed E-state index contributed by atoms with van der Waals surface area (Å²) in [6, 6.07) is 4.37. The Morgan fingerprint density at radius 1 is 1.19 bits per heavy atom. The highest BCUT2D eigenvalue weighted by molar-refractivity contribution is 7.20. The van der Waals surface area contributed by atoms with Crippen LogP contribution in [0.3, 0.4) is 0 Å². The molecule has 1 saturated heterocycles. The van der Waals surface area contributed by atoms with Crippen LogP contribution in [0, 0.1) is 12.7 Å². The first-order chi connectivity index (χ1) is 18.0. The molecule has 0 unspecified atom stereocenters. The number of thiophene rings is 1. The zero-order valence-electron chi connectivity index (χ0n) is 21.1. The lowest BCUT2D eigenvalue weighted by Gasteiger charge is -2.27. The van der Waals surface area contributed by atoms with Gasteiger partial charge in [-0.25, -0.2) is 14.4 Å². The van der Waals surface area contributed by atoms with Gasteiger partial charge in [0.05, 0.1) is 28.2 Å². The normalized spacial score (nSPS) is 20.6. The Morgan fingerprint density at radius 2 is 1.97 bits per heavy atom. The summed E-state index contributed by atoms with van der Waals surface area (Å²) in [4.78, 5) is 25.6. The summed E-state index contributed by atoms with van der Waals surface area (Å²) >= 11 is 1.35. The van der Waals surface area contributed by atoms with Crippen molar-refractivity contribution in [2.75, 3.05) is 31.5 Å². The first kappa shape index (κ1) is 25.8. The number of nitrogens with one attached hydrogen (secondary N) is 2. The van der Waals surface area contributed by atoms with Crippen molar-refractivity contribution in [2.24, 2.45) is 0 Å². The van der Waals surface area contributed by atoms with Crippen LogP contribution >= 0.6 is 11.3 Å². The lowest BCUT2D eigenvalue weighted by Crippen LogP contribution is -2.37. The molecule has 10 heteroatoms. The number of anilines is 2. The molecule has 3 aromatic rings. The molecular formula is C27H34FN5O3S. The Morgan fingerprint density at radius 3 is 2.76 bits per heavy atom. The molecule has 0 atom stereocenters. The number of piperidine rings is 1. The summed E-state index contributed by atoms with van der Waals surface area (Å²) in [6.07, 6.45) is 7.60. The number of hydrogen-bond acceptors (Lipinski definition) is 8. The van der Waals surface area contributed by atoms with E-state index in [-0.39, 0.29) is 23.9 Å². The third-order valence-electron chi connectivity index (χ3n) is 7.23. The Labute approximate surface area is 220 Å². The smallest absolute Gasteiger partial charge is 0.261 e. The molecule has 0 spiro atoms. The number of hydrogen-bond donors (Lipinski definition) is 3. The van der Waals surface area contributed by atoms with E-state index in [1.807, 2.05) is 6.92 Å². The predicted molar refractivity (Wildman–Crippen MR) is 143 cm³/mol. The van der Waals surface area contributed by atoms with E-state index in [9.17, 15) is 14.3 Å². The summed E-state index contributed by atoms with van der Waals surface area (Å²) in [7, 11) is 0. The fraction of sp³-hybridized carbons (Fsp3) is 0.519. The van der Waals surface area contributed by atoms with Crippen LogP contribution in [0.25, 0.3) is 10.2 Å². The Balaban J connectivity index is 1.32.